The summed E-state index contributed by atoms with van der Waals surface area (Å²) in [5.74, 6) is -0.851. The summed E-state index contributed by atoms with van der Waals surface area (Å²) in [5.41, 5.74) is 0.843. The van der Waals surface area contributed by atoms with E-state index in [2.05, 4.69) is 10.4 Å². The van der Waals surface area contributed by atoms with E-state index in [0.29, 0.717) is 6.54 Å². The van der Waals surface area contributed by atoms with Crippen molar-refractivity contribution in [2.75, 3.05) is 0 Å². The van der Waals surface area contributed by atoms with E-state index in [-0.39, 0.29) is 0 Å². The van der Waals surface area contributed by atoms with Crippen molar-refractivity contribution in [3.05, 3.63) is 18.0 Å². The lowest BCUT2D eigenvalue weighted by atomic mass is 10.3. The zero-order valence-corrected chi connectivity index (χ0v) is 7.69. The Bertz CT molecular complexity index is 295. The van der Waals surface area contributed by atoms with E-state index in [1.54, 1.807) is 11.6 Å². The first-order chi connectivity index (χ1) is 6.09. The minimum Gasteiger partial charge on any atom is -0.480 e. The van der Waals surface area contributed by atoms with E-state index in [1.807, 2.05) is 19.3 Å². The van der Waals surface area contributed by atoms with Gasteiger partial charge in [-0.15, -0.1) is 0 Å². The van der Waals surface area contributed by atoms with Crippen LogP contribution in [0.15, 0.2) is 12.3 Å². The fourth-order valence-electron chi connectivity index (χ4n) is 0.902. The number of aromatic nitrogens is 2. The quantitative estimate of drug-likeness (QED) is 0.688. The number of aryl methyl sites for hydroxylation is 1. The molecule has 0 radical (unpaired) electrons. The molecule has 0 bridgehead atoms. The molecule has 72 valence electrons. The molecule has 0 saturated carbocycles. The summed E-state index contributed by atoms with van der Waals surface area (Å²) in [4.78, 5) is 10.4. The Labute approximate surface area is 76.4 Å². The predicted octanol–water partition coefficient (Wildman–Crippen LogP) is -0.0172. The number of rotatable bonds is 4. The summed E-state index contributed by atoms with van der Waals surface area (Å²) < 4.78 is 1.68. The molecule has 0 aliphatic heterocycles. The van der Waals surface area contributed by atoms with Gasteiger partial charge in [0.1, 0.15) is 6.04 Å². The molecule has 0 fully saturated rings. The second-order valence-electron chi connectivity index (χ2n) is 2.92. The maximum absolute atomic E-state index is 10.4. The van der Waals surface area contributed by atoms with Gasteiger partial charge in [-0.2, -0.15) is 5.10 Å². The minimum atomic E-state index is -0.851. The smallest absolute Gasteiger partial charge is 0.320 e. The standard InChI is InChI=1S/C8H13N3O2/c1-6(8(12)13)9-5-7-3-4-11(2)10-7/h3-4,6,9H,5H2,1-2H3,(H,12,13)/t6-/m1/s1. The third kappa shape index (κ3) is 2.87. The Morgan fingerprint density at radius 2 is 2.54 bits per heavy atom. The lowest BCUT2D eigenvalue weighted by Gasteiger charge is -2.06. The fraction of sp³-hybridized carbons (Fsp3) is 0.500. The molecule has 1 heterocycles. The minimum absolute atomic E-state index is 0.480. The lowest BCUT2D eigenvalue weighted by molar-refractivity contribution is -0.139. The van der Waals surface area contributed by atoms with Gasteiger partial charge in [-0.25, -0.2) is 0 Å². The van der Waals surface area contributed by atoms with Crippen molar-refractivity contribution in [3.63, 3.8) is 0 Å². The summed E-state index contributed by atoms with van der Waals surface area (Å²) in [6, 6.07) is 1.31. The number of hydrogen-bond acceptors (Lipinski definition) is 3. The van der Waals surface area contributed by atoms with Gasteiger partial charge in [-0.05, 0) is 13.0 Å². The highest BCUT2D eigenvalue weighted by Gasteiger charge is 2.09. The molecule has 0 unspecified atom stereocenters. The number of carboxylic acid groups (broad SMARTS) is 1. The van der Waals surface area contributed by atoms with E-state index in [0.717, 1.165) is 5.69 Å². The second-order valence-corrected chi connectivity index (χ2v) is 2.92. The van der Waals surface area contributed by atoms with Gasteiger partial charge in [0.15, 0.2) is 0 Å². The molecule has 1 aromatic heterocycles. The van der Waals surface area contributed by atoms with Crippen molar-refractivity contribution in [2.24, 2.45) is 7.05 Å². The Morgan fingerprint density at radius 3 is 3.00 bits per heavy atom. The van der Waals surface area contributed by atoms with E-state index in [9.17, 15) is 4.79 Å². The molecular weight excluding hydrogens is 170 g/mol. The van der Waals surface area contributed by atoms with Gasteiger partial charge in [0.05, 0.1) is 5.69 Å². The highest BCUT2D eigenvalue weighted by Crippen LogP contribution is 1.94. The summed E-state index contributed by atoms with van der Waals surface area (Å²) in [7, 11) is 1.82. The van der Waals surface area contributed by atoms with Crippen LogP contribution in [-0.2, 0) is 18.4 Å². The molecule has 0 saturated heterocycles. The molecule has 2 N–H and O–H groups in total. The van der Waals surface area contributed by atoms with Crippen molar-refractivity contribution in [3.8, 4) is 0 Å². The SMILES string of the molecule is C[C@@H](NCc1ccn(C)n1)C(=O)O. The highest BCUT2D eigenvalue weighted by molar-refractivity contribution is 5.72. The third-order valence-corrected chi connectivity index (χ3v) is 1.73. The zero-order valence-electron chi connectivity index (χ0n) is 7.69. The van der Waals surface area contributed by atoms with E-state index in [4.69, 9.17) is 5.11 Å². The largest absolute Gasteiger partial charge is 0.480 e. The maximum atomic E-state index is 10.4. The van der Waals surface area contributed by atoms with Gasteiger partial charge in [-0.1, -0.05) is 0 Å². The molecule has 1 rings (SSSR count). The average Bonchev–Trinajstić information content (AvgIpc) is 2.47. The van der Waals surface area contributed by atoms with Crippen molar-refractivity contribution >= 4 is 5.97 Å². The van der Waals surface area contributed by atoms with Gasteiger partial charge in [-0.3, -0.25) is 14.8 Å². The van der Waals surface area contributed by atoms with Gasteiger partial charge in [0.2, 0.25) is 0 Å². The van der Waals surface area contributed by atoms with Gasteiger partial charge >= 0.3 is 5.97 Å². The molecule has 0 aliphatic carbocycles. The molecule has 0 aliphatic rings. The van der Waals surface area contributed by atoms with E-state index >= 15 is 0 Å². The maximum Gasteiger partial charge on any atom is 0.320 e. The Hall–Kier alpha value is -1.36. The van der Waals surface area contributed by atoms with Crippen molar-refractivity contribution in [1.82, 2.24) is 15.1 Å². The van der Waals surface area contributed by atoms with E-state index in [1.165, 1.54) is 0 Å². The molecule has 5 heteroatoms. The van der Waals surface area contributed by atoms with Crippen LogP contribution >= 0.6 is 0 Å². The van der Waals surface area contributed by atoms with Crippen LogP contribution < -0.4 is 5.32 Å². The monoisotopic (exact) mass is 183 g/mol. The first-order valence-corrected chi connectivity index (χ1v) is 4.04. The highest BCUT2D eigenvalue weighted by atomic mass is 16.4. The number of hydrogen-bond donors (Lipinski definition) is 2. The van der Waals surface area contributed by atoms with Crippen LogP contribution in [0.1, 0.15) is 12.6 Å². The Kier molecular flexibility index (Phi) is 3.02. The average molecular weight is 183 g/mol. The summed E-state index contributed by atoms with van der Waals surface area (Å²) in [6.45, 7) is 2.08. The number of carbonyl (C=O) groups is 1. The van der Waals surface area contributed by atoms with Crippen LogP contribution in [0.5, 0.6) is 0 Å². The summed E-state index contributed by atoms with van der Waals surface area (Å²) in [6.07, 6.45) is 1.82. The van der Waals surface area contributed by atoms with Crippen LogP contribution in [0.4, 0.5) is 0 Å². The number of carboxylic acids is 1. The van der Waals surface area contributed by atoms with Gasteiger partial charge < -0.3 is 5.11 Å². The molecule has 5 nitrogen and oxygen atoms in total. The molecule has 13 heavy (non-hydrogen) atoms. The van der Waals surface area contributed by atoms with E-state index < -0.39 is 12.0 Å². The van der Waals surface area contributed by atoms with Gasteiger partial charge in [0.25, 0.3) is 0 Å². The van der Waals surface area contributed by atoms with Gasteiger partial charge in [0, 0.05) is 19.8 Å². The van der Waals surface area contributed by atoms with Crippen molar-refractivity contribution < 1.29 is 9.90 Å². The Balaban J connectivity index is 2.39. The number of aliphatic carboxylic acids is 1. The van der Waals surface area contributed by atoms with Crippen molar-refractivity contribution in [2.45, 2.75) is 19.5 Å². The Morgan fingerprint density at radius 1 is 1.85 bits per heavy atom. The molecule has 0 spiro atoms. The van der Waals surface area contributed by atoms with Crippen LogP contribution in [0.25, 0.3) is 0 Å². The molecule has 1 aromatic rings. The topological polar surface area (TPSA) is 67.2 Å². The normalized spacial score (nSPS) is 12.8. The van der Waals surface area contributed by atoms with Crippen LogP contribution in [-0.4, -0.2) is 26.9 Å². The van der Waals surface area contributed by atoms with Crippen molar-refractivity contribution in [1.29, 1.82) is 0 Å². The fourth-order valence-corrected chi connectivity index (χ4v) is 0.902. The molecule has 0 amide bonds. The second kappa shape index (κ2) is 4.04. The summed E-state index contributed by atoms with van der Waals surface area (Å²) >= 11 is 0. The molecule has 1 atom stereocenters. The number of nitrogens with zero attached hydrogens (tertiary/aromatic N) is 2. The molecule has 0 aromatic carbocycles. The van der Waals surface area contributed by atoms with Crippen LogP contribution in [0.3, 0.4) is 0 Å². The zero-order chi connectivity index (χ0) is 9.84. The molecular formula is C8H13N3O2. The third-order valence-electron chi connectivity index (χ3n) is 1.73. The van der Waals surface area contributed by atoms with Crippen LogP contribution in [0, 0.1) is 0 Å². The lowest BCUT2D eigenvalue weighted by Crippen LogP contribution is -2.33. The van der Waals surface area contributed by atoms with Crippen LogP contribution in [0.2, 0.25) is 0 Å². The predicted molar refractivity (Wildman–Crippen MR) is 47.1 cm³/mol. The number of nitrogens with one attached hydrogen (secondary N) is 1. The first kappa shape index (κ1) is 9.73. The first-order valence-electron chi connectivity index (χ1n) is 4.04. The summed E-state index contributed by atoms with van der Waals surface area (Å²) in [5, 5.41) is 15.5.